The molecule has 1 aromatic carbocycles. The van der Waals surface area contributed by atoms with Gasteiger partial charge in [-0.25, -0.2) is 4.57 Å². The summed E-state index contributed by atoms with van der Waals surface area (Å²) < 4.78 is 6.34. The van der Waals surface area contributed by atoms with E-state index in [4.69, 9.17) is 0 Å². The quantitative estimate of drug-likeness (QED) is 0.252. The maximum Gasteiger partial charge on any atom is 0.173 e. The van der Waals surface area contributed by atoms with Crippen molar-refractivity contribution in [2.75, 3.05) is 5.75 Å². The molecule has 5 heteroatoms. The molecule has 0 aliphatic rings. The average molecular weight is 277 g/mol. The van der Waals surface area contributed by atoms with Gasteiger partial charge in [0.25, 0.3) is 0 Å². The predicted octanol–water partition coefficient (Wildman–Crippen LogP) is 1.44. The molecule has 0 N–H and O–H groups in total. The smallest absolute Gasteiger partial charge is 0.173 e. The van der Waals surface area contributed by atoms with Gasteiger partial charge in [0.2, 0.25) is 0 Å². The van der Waals surface area contributed by atoms with Crippen LogP contribution in [-0.2, 0) is 22.3 Å². The Morgan fingerprint density at radius 2 is 1.74 bits per heavy atom. The van der Waals surface area contributed by atoms with Crippen LogP contribution in [0.3, 0.4) is 0 Å². The maximum atomic E-state index is 9.61. The minimum atomic E-state index is 0.685. The molecule has 0 bridgehead atoms. The molecule has 0 spiro atoms. The van der Waals surface area contributed by atoms with Crippen molar-refractivity contribution in [3.05, 3.63) is 66.0 Å². The highest BCUT2D eigenvalue weighted by Crippen LogP contribution is 2.06. The van der Waals surface area contributed by atoms with Crippen LogP contribution in [0.2, 0.25) is 0 Å². The molecule has 0 unspecified atom stereocenters. The zero-order valence-corrected chi connectivity index (χ0v) is 11.2. The fraction of sp³-hybridized carbons (Fsp3) is 0.214. The van der Waals surface area contributed by atoms with E-state index in [0.717, 1.165) is 25.0 Å². The van der Waals surface area contributed by atoms with Gasteiger partial charge in [-0.05, 0) is 12.0 Å². The molecule has 2 rings (SSSR count). The minimum absolute atomic E-state index is 0.685. The molecule has 0 saturated heterocycles. The van der Waals surface area contributed by atoms with E-state index in [9.17, 15) is 5.26 Å². The highest BCUT2D eigenvalue weighted by atomic mass is 32.2. The number of aromatic nitrogens is 1. The fourth-order valence-corrected chi connectivity index (χ4v) is 2.19. The summed E-state index contributed by atoms with van der Waals surface area (Å²) in [4.78, 5) is 0. The van der Waals surface area contributed by atoms with Gasteiger partial charge >= 0.3 is 0 Å². The first-order valence-electron chi connectivity index (χ1n) is 5.98. The number of hydrogen-bond donors (Lipinski definition) is 0. The minimum Gasteiger partial charge on any atom is -0.691 e. The average Bonchev–Trinajstić information content (AvgIpc) is 2.46. The molecule has 0 amide bonds. The second-order valence-electron chi connectivity index (χ2n) is 4.07. The third-order valence-corrected chi connectivity index (χ3v) is 3.24. The predicted molar refractivity (Wildman–Crippen MR) is 70.5 cm³/mol. The zero-order valence-electron chi connectivity index (χ0n) is 10.4. The summed E-state index contributed by atoms with van der Waals surface area (Å²) in [5.74, 6) is 0.685. The second-order valence-corrected chi connectivity index (χ2v) is 4.85. The molecule has 4 nitrogen and oxygen atoms in total. The van der Waals surface area contributed by atoms with Gasteiger partial charge in [0.15, 0.2) is 18.9 Å². The molecule has 0 saturated carbocycles. The summed E-state index contributed by atoms with van der Waals surface area (Å²) in [7, 11) is 0. The molecule has 1 heterocycles. The lowest BCUT2D eigenvalue weighted by Gasteiger charge is -2.03. The Hall–Kier alpha value is -1.40. The summed E-state index contributed by atoms with van der Waals surface area (Å²) in [6.07, 6.45) is 4.94. The highest BCUT2D eigenvalue weighted by molar-refractivity contribution is 7.94. The van der Waals surface area contributed by atoms with Crippen molar-refractivity contribution >= 4 is 12.0 Å². The van der Waals surface area contributed by atoms with E-state index in [1.165, 1.54) is 11.1 Å². The topological polar surface area (TPSA) is 45.4 Å². The van der Waals surface area contributed by atoms with Crippen molar-refractivity contribution in [1.29, 1.82) is 0 Å². The Balaban J connectivity index is 1.84. The van der Waals surface area contributed by atoms with Gasteiger partial charge in [-0.1, -0.05) is 30.3 Å². The Morgan fingerprint density at radius 1 is 1.00 bits per heavy atom. The lowest BCUT2D eigenvalue weighted by molar-refractivity contribution is -0.777. The summed E-state index contributed by atoms with van der Waals surface area (Å²) >= 11 is 1.01. The van der Waals surface area contributed by atoms with E-state index >= 15 is 0 Å². The molecule has 0 fully saturated rings. The van der Waals surface area contributed by atoms with Crippen molar-refractivity contribution in [2.24, 2.45) is 0 Å². The van der Waals surface area contributed by atoms with Crippen LogP contribution in [0.5, 0.6) is 0 Å². The Bertz CT molecular complexity index is 476. The standard InChI is InChI=1S/C14H15NO3S/c16-17-18-19-11-8-13-6-9-15(10-7-13)12-14-4-2-1-3-5-14/h1-7,9-10H,8,11-12H2. The molecule has 2 aromatic rings. The van der Waals surface area contributed by atoms with E-state index in [0.29, 0.717) is 5.75 Å². The van der Waals surface area contributed by atoms with Crippen LogP contribution in [-0.4, -0.2) is 5.75 Å². The molecule has 100 valence electrons. The third-order valence-electron chi connectivity index (χ3n) is 2.72. The summed E-state index contributed by atoms with van der Waals surface area (Å²) in [5, 5.41) is 12.9. The van der Waals surface area contributed by atoms with Crippen molar-refractivity contribution in [2.45, 2.75) is 13.0 Å². The van der Waals surface area contributed by atoms with Crippen LogP contribution in [0.25, 0.3) is 0 Å². The van der Waals surface area contributed by atoms with Crippen molar-refractivity contribution in [1.82, 2.24) is 0 Å². The molecule has 0 atom stereocenters. The Labute approximate surface area is 116 Å². The van der Waals surface area contributed by atoms with Gasteiger partial charge in [-0.3, -0.25) is 5.04 Å². The molecule has 0 radical (unpaired) electrons. The largest absolute Gasteiger partial charge is 0.691 e. The summed E-state index contributed by atoms with van der Waals surface area (Å²) in [5.41, 5.74) is 2.48. The fourth-order valence-electron chi connectivity index (χ4n) is 1.77. The Kier molecular flexibility index (Phi) is 5.84. The van der Waals surface area contributed by atoms with Crippen LogP contribution in [0.4, 0.5) is 0 Å². The van der Waals surface area contributed by atoms with Gasteiger partial charge in [0.05, 0.1) is 0 Å². The van der Waals surface area contributed by atoms with Crippen molar-refractivity contribution in [3.8, 4) is 0 Å². The van der Waals surface area contributed by atoms with Crippen LogP contribution in [0.15, 0.2) is 54.9 Å². The molecular formula is C14H15NO3S. The number of nitrogens with zero attached hydrogens (tertiary/aromatic N) is 1. The van der Waals surface area contributed by atoms with Crippen molar-refractivity contribution < 1.29 is 19.2 Å². The number of aryl methyl sites for hydroxylation is 1. The number of hydrogen-bond acceptors (Lipinski definition) is 4. The van der Waals surface area contributed by atoms with Gasteiger partial charge in [-0.15, -0.1) is 0 Å². The first-order valence-corrected chi connectivity index (χ1v) is 6.89. The second kappa shape index (κ2) is 7.91. The first-order chi connectivity index (χ1) is 9.38. The number of pyridine rings is 1. The lowest BCUT2D eigenvalue weighted by Crippen LogP contribution is -2.33. The monoisotopic (exact) mass is 277 g/mol. The number of rotatable bonds is 7. The maximum absolute atomic E-state index is 9.61. The first kappa shape index (κ1) is 14.0. The normalized spacial score (nSPS) is 10.6. The third kappa shape index (κ3) is 5.00. The summed E-state index contributed by atoms with van der Waals surface area (Å²) in [6.45, 7) is 0.864. The molecule has 0 aliphatic heterocycles. The molecule has 19 heavy (non-hydrogen) atoms. The Morgan fingerprint density at radius 3 is 2.42 bits per heavy atom. The molecule has 1 aromatic heterocycles. The lowest BCUT2D eigenvalue weighted by atomic mass is 10.2. The van der Waals surface area contributed by atoms with E-state index in [1.54, 1.807) is 0 Å². The molecular weight excluding hydrogens is 262 g/mol. The number of benzene rings is 1. The van der Waals surface area contributed by atoms with E-state index in [1.807, 2.05) is 18.2 Å². The van der Waals surface area contributed by atoms with E-state index < -0.39 is 0 Å². The van der Waals surface area contributed by atoms with Crippen molar-refractivity contribution in [3.63, 3.8) is 0 Å². The van der Waals surface area contributed by atoms with Crippen LogP contribution in [0, 0.1) is 0 Å². The highest BCUT2D eigenvalue weighted by Gasteiger charge is 2.02. The zero-order chi connectivity index (χ0) is 13.3. The molecule has 0 aliphatic carbocycles. The van der Waals surface area contributed by atoms with Gasteiger partial charge in [0.1, 0.15) is 0 Å². The van der Waals surface area contributed by atoms with Gasteiger partial charge < -0.3 is 5.26 Å². The van der Waals surface area contributed by atoms with Gasteiger partial charge in [-0.2, -0.15) is 4.33 Å². The van der Waals surface area contributed by atoms with Crippen LogP contribution < -0.4 is 9.82 Å². The van der Waals surface area contributed by atoms with Crippen LogP contribution >= 0.6 is 12.0 Å². The van der Waals surface area contributed by atoms with Crippen LogP contribution in [0.1, 0.15) is 11.1 Å². The van der Waals surface area contributed by atoms with E-state index in [-0.39, 0.29) is 0 Å². The van der Waals surface area contributed by atoms with E-state index in [2.05, 4.69) is 50.6 Å². The van der Waals surface area contributed by atoms with Gasteiger partial charge in [0, 0.05) is 35.5 Å². The SMILES string of the molecule is [O-]OOSCCc1cc[n+](Cc2ccccc2)cc1. The summed E-state index contributed by atoms with van der Waals surface area (Å²) in [6, 6.07) is 14.5.